The lowest BCUT2D eigenvalue weighted by molar-refractivity contribution is 0.0290. The van der Waals surface area contributed by atoms with Crippen LogP contribution in [0.3, 0.4) is 0 Å². The van der Waals surface area contributed by atoms with Crippen LogP contribution in [-0.2, 0) is 11.3 Å². The van der Waals surface area contributed by atoms with E-state index in [1.165, 1.54) is 0 Å². The summed E-state index contributed by atoms with van der Waals surface area (Å²) in [6, 6.07) is 9.98. The number of rotatable bonds is 8. The quantitative estimate of drug-likeness (QED) is 0.657. The molecule has 0 aromatic heterocycles. The van der Waals surface area contributed by atoms with Crippen LogP contribution in [0.4, 0.5) is 0 Å². The van der Waals surface area contributed by atoms with Gasteiger partial charge in [0.25, 0.3) is 0 Å². The first kappa shape index (κ1) is 13.2. The molecule has 0 saturated carbocycles. The monoisotopic (exact) mass is 223 g/mol. The van der Waals surface area contributed by atoms with Crippen LogP contribution in [0.1, 0.15) is 18.9 Å². The molecule has 1 rings (SSSR count). The Morgan fingerprint density at radius 1 is 1.31 bits per heavy atom. The maximum absolute atomic E-state index is 9.57. The normalized spacial score (nSPS) is 12.6. The van der Waals surface area contributed by atoms with E-state index in [4.69, 9.17) is 4.74 Å². The lowest BCUT2D eigenvalue weighted by Crippen LogP contribution is -2.30. The minimum atomic E-state index is -0.421. The van der Waals surface area contributed by atoms with Crippen LogP contribution >= 0.6 is 0 Å². The Morgan fingerprint density at radius 2 is 2.06 bits per heavy atom. The molecule has 16 heavy (non-hydrogen) atoms. The van der Waals surface area contributed by atoms with Crippen LogP contribution in [-0.4, -0.2) is 30.9 Å². The zero-order chi connectivity index (χ0) is 11.6. The molecule has 3 heteroatoms. The molecule has 0 fully saturated rings. The Balaban J connectivity index is 2.06. The Hall–Kier alpha value is -0.900. The van der Waals surface area contributed by atoms with Crippen LogP contribution in [0.5, 0.6) is 0 Å². The number of hydrogen-bond acceptors (Lipinski definition) is 3. The van der Waals surface area contributed by atoms with Crippen molar-refractivity contribution < 1.29 is 9.84 Å². The summed E-state index contributed by atoms with van der Waals surface area (Å²) in [7, 11) is 0. The standard InChI is InChI=1S/C13H21NO2/c1-2-8-14-9-13(15)11-16-10-12-6-4-3-5-7-12/h3-7,13-15H,2,8-11H2,1H3. The van der Waals surface area contributed by atoms with Crippen molar-refractivity contribution in [1.29, 1.82) is 0 Å². The number of ether oxygens (including phenoxy) is 1. The molecule has 3 nitrogen and oxygen atoms in total. The zero-order valence-electron chi connectivity index (χ0n) is 9.86. The molecule has 0 spiro atoms. The summed E-state index contributed by atoms with van der Waals surface area (Å²) >= 11 is 0. The van der Waals surface area contributed by atoms with E-state index in [9.17, 15) is 5.11 Å². The molecule has 1 aromatic carbocycles. The Kier molecular flexibility index (Phi) is 6.81. The van der Waals surface area contributed by atoms with Crippen molar-refractivity contribution in [2.45, 2.75) is 26.1 Å². The zero-order valence-corrected chi connectivity index (χ0v) is 9.86. The van der Waals surface area contributed by atoms with E-state index in [1.54, 1.807) is 0 Å². The third kappa shape index (κ3) is 5.85. The van der Waals surface area contributed by atoms with Crippen molar-refractivity contribution in [2.24, 2.45) is 0 Å². The number of benzene rings is 1. The fraction of sp³-hybridized carbons (Fsp3) is 0.538. The highest BCUT2D eigenvalue weighted by Gasteiger charge is 2.03. The van der Waals surface area contributed by atoms with Crippen LogP contribution < -0.4 is 5.32 Å². The average molecular weight is 223 g/mol. The van der Waals surface area contributed by atoms with Gasteiger partial charge in [0, 0.05) is 6.54 Å². The SMILES string of the molecule is CCCNCC(O)COCc1ccccc1. The molecule has 90 valence electrons. The molecule has 0 aliphatic carbocycles. The summed E-state index contributed by atoms with van der Waals surface area (Å²) in [6.07, 6.45) is 0.660. The van der Waals surface area contributed by atoms with Gasteiger partial charge in [-0.25, -0.2) is 0 Å². The van der Waals surface area contributed by atoms with E-state index < -0.39 is 6.10 Å². The molecule has 1 aromatic rings. The van der Waals surface area contributed by atoms with Gasteiger partial charge in [-0.15, -0.1) is 0 Å². The third-order valence-corrected chi connectivity index (χ3v) is 2.23. The van der Waals surface area contributed by atoms with Crippen molar-refractivity contribution in [1.82, 2.24) is 5.32 Å². The molecule has 0 saturated heterocycles. The van der Waals surface area contributed by atoms with Gasteiger partial charge in [0.05, 0.1) is 19.3 Å². The minimum absolute atomic E-state index is 0.381. The molecule has 0 heterocycles. The first-order valence-electron chi connectivity index (χ1n) is 5.83. The van der Waals surface area contributed by atoms with Crippen LogP contribution in [0, 0.1) is 0 Å². The van der Waals surface area contributed by atoms with E-state index in [-0.39, 0.29) is 0 Å². The van der Waals surface area contributed by atoms with E-state index in [1.807, 2.05) is 30.3 Å². The maximum Gasteiger partial charge on any atom is 0.0897 e. The maximum atomic E-state index is 9.57. The largest absolute Gasteiger partial charge is 0.389 e. The fourth-order valence-electron chi connectivity index (χ4n) is 1.39. The van der Waals surface area contributed by atoms with Crippen molar-refractivity contribution in [2.75, 3.05) is 19.7 Å². The molecule has 0 radical (unpaired) electrons. The van der Waals surface area contributed by atoms with Crippen LogP contribution in [0.15, 0.2) is 30.3 Å². The number of aliphatic hydroxyl groups is 1. The van der Waals surface area contributed by atoms with Crippen molar-refractivity contribution in [3.05, 3.63) is 35.9 Å². The number of hydrogen-bond donors (Lipinski definition) is 2. The van der Waals surface area contributed by atoms with E-state index in [0.717, 1.165) is 18.5 Å². The smallest absolute Gasteiger partial charge is 0.0897 e. The highest BCUT2D eigenvalue weighted by atomic mass is 16.5. The van der Waals surface area contributed by atoms with E-state index >= 15 is 0 Å². The van der Waals surface area contributed by atoms with Gasteiger partial charge < -0.3 is 15.2 Å². The lowest BCUT2D eigenvalue weighted by atomic mass is 10.2. The van der Waals surface area contributed by atoms with Crippen molar-refractivity contribution >= 4 is 0 Å². The first-order chi connectivity index (χ1) is 7.83. The molecule has 0 bridgehead atoms. The highest BCUT2D eigenvalue weighted by Crippen LogP contribution is 2.00. The third-order valence-electron chi connectivity index (χ3n) is 2.23. The summed E-state index contributed by atoms with van der Waals surface area (Å²) in [4.78, 5) is 0. The van der Waals surface area contributed by atoms with Gasteiger partial charge in [-0.2, -0.15) is 0 Å². The van der Waals surface area contributed by atoms with Crippen molar-refractivity contribution in [3.63, 3.8) is 0 Å². The highest BCUT2D eigenvalue weighted by molar-refractivity contribution is 5.13. The van der Waals surface area contributed by atoms with Crippen molar-refractivity contribution in [3.8, 4) is 0 Å². The molecular formula is C13H21NO2. The topological polar surface area (TPSA) is 41.5 Å². The summed E-state index contributed by atoms with van der Waals surface area (Å²) in [5.74, 6) is 0. The summed E-state index contributed by atoms with van der Waals surface area (Å²) in [5, 5.41) is 12.7. The molecular weight excluding hydrogens is 202 g/mol. The number of nitrogens with one attached hydrogen (secondary N) is 1. The molecule has 1 unspecified atom stereocenters. The second-order valence-corrected chi connectivity index (χ2v) is 3.86. The predicted molar refractivity (Wildman–Crippen MR) is 65.3 cm³/mol. The Bertz CT molecular complexity index is 264. The van der Waals surface area contributed by atoms with Gasteiger partial charge >= 0.3 is 0 Å². The van der Waals surface area contributed by atoms with Crippen LogP contribution in [0.25, 0.3) is 0 Å². The van der Waals surface area contributed by atoms with Gasteiger partial charge in [0.15, 0.2) is 0 Å². The summed E-state index contributed by atoms with van der Waals surface area (Å²) in [6.45, 7) is 4.58. The first-order valence-corrected chi connectivity index (χ1v) is 5.83. The van der Waals surface area contributed by atoms with Crippen LogP contribution in [0.2, 0.25) is 0 Å². The molecule has 2 N–H and O–H groups in total. The number of aliphatic hydroxyl groups excluding tert-OH is 1. The van der Waals surface area contributed by atoms with Gasteiger partial charge in [0.2, 0.25) is 0 Å². The summed E-state index contributed by atoms with van der Waals surface area (Å²) < 4.78 is 5.42. The van der Waals surface area contributed by atoms with E-state index in [0.29, 0.717) is 19.8 Å². The molecule has 0 aliphatic rings. The minimum Gasteiger partial charge on any atom is -0.389 e. The summed E-state index contributed by atoms with van der Waals surface area (Å²) in [5.41, 5.74) is 1.14. The Morgan fingerprint density at radius 3 is 2.75 bits per heavy atom. The van der Waals surface area contributed by atoms with Gasteiger partial charge in [-0.05, 0) is 18.5 Å². The average Bonchev–Trinajstić information content (AvgIpc) is 2.31. The second-order valence-electron chi connectivity index (χ2n) is 3.86. The molecule has 1 atom stereocenters. The fourth-order valence-corrected chi connectivity index (χ4v) is 1.39. The van der Waals surface area contributed by atoms with Gasteiger partial charge in [-0.3, -0.25) is 0 Å². The Labute approximate surface area is 97.4 Å². The molecule has 0 aliphatic heterocycles. The lowest BCUT2D eigenvalue weighted by Gasteiger charge is -2.11. The predicted octanol–water partition coefficient (Wildman–Crippen LogP) is 1.56. The van der Waals surface area contributed by atoms with E-state index in [2.05, 4.69) is 12.2 Å². The van der Waals surface area contributed by atoms with Gasteiger partial charge in [0.1, 0.15) is 0 Å². The molecule has 0 amide bonds. The second kappa shape index (κ2) is 8.28. The van der Waals surface area contributed by atoms with Gasteiger partial charge in [-0.1, -0.05) is 37.3 Å².